The van der Waals surface area contributed by atoms with Gasteiger partial charge in [0.05, 0.1) is 0 Å². The molecule has 2 aliphatic carbocycles. The number of hydrogen-bond acceptors (Lipinski definition) is 6. The van der Waals surface area contributed by atoms with Gasteiger partial charge in [-0.05, 0) is 80.0 Å². The first-order valence-electron chi connectivity index (χ1n) is 13.6. The molecule has 0 spiro atoms. The zero-order valence-electron chi connectivity index (χ0n) is 22.8. The minimum atomic E-state index is -2.03. The van der Waals surface area contributed by atoms with E-state index in [0.29, 0.717) is 11.4 Å². The Balaban J connectivity index is 0.000000141. The molecule has 0 bridgehead atoms. The predicted octanol–water partition coefficient (Wildman–Crippen LogP) is 5.19. The van der Waals surface area contributed by atoms with Gasteiger partial charge in [-0.25, -0.2) is 0 Å². The number of fused-ring (bicyclic) bond motifs is 6. The topological polar surface area (TPSA) is 106 Å². The molecule has 4 aromatic carbocycles. The molecule has 0 unspecified atom stereocenters. The van der Waals surface area contributed by atoms with Crippen LogP contribution in [-0.2, 0) is 36.5 Å². The number of rotatable bonds is 2. The van der Waals surface area contributed by atoms with Gasteiger partial charge in [0.15, 0.2) is 0 Å². The predicted molar refractivity (Wildman–Crippen MR) is 153 cm³/mol. The van der Waals surface area contributed by atoms with Crippen LogP contribution < -0.4 is 10.2 Å². The van der Waals surface area contributed by atoms with Gasteiger partial charge in [-0.3, -0.25) is 9.97 Å². The summed E-state index contributed by atoms with van der Waals surface area (Å²) < 4.78 is 17.0. The summed E-state index contributed by atoms with van der Waals surface area (Å²) >= 11 is -2.03. The van der Waals surface area contributed by atoms with Gasteiger partial charge in [-0.1, -0.05) is 109 Å². The summed E-state index contributed by atoms with van der Waals surface area (Å²) in [7, 11) is 0. The standard InChI is InChI=1S/2C18H12NO.Mo.2O/c2*20-18(17-11-5-6-12-19-17)15-9-3-1-7-13(15)14-8-2-4-10-16(14)18;;;/h2*1-12H;;;/q2*-1;+2;;. The Bertz CT molecular complexity index is 1710. The summed E-state index contributed by atoms with van der Waals surface area (Å²) in [6.07, 6.45) is 3.36. The molecule has 6 nitrogen and oxygen atoms in total. The fourth-order valence-electron chi connectivity index (χ4n) is 6.08. The quantitative estimate of drug-likeness (QED) is 0.241. The molecule has 2 heterocycles. The van der Waals surface area contributed by atoms with E-state index in [-0.39, 0.29) is 0 Å². The van der Waals surface area contributed by atoms with Gasteiger partial charge in [0, 0.05) is 23.8 Å². The van der Waals surface area contributed by atoms with Crippen LogP contribution in [0.1, 0.15) is 33.6 Å². The van der Waals surface area contributed by atoms with E-state index < -0.39 is 29.7 Å². The van der Waals surface area contributed by atoms with Crippen LogP contribution in [0.2, 0.25) is 0 Å². The van der Waals surface area contributed by atoms with Gasteiger partial charge in [0.25, 0.3) is 0 Å². The molecule has 6 aromatic rings. The first kappa shape index (κ1) is 28.5. The number of aromatic nitrogens is 2. The Morgan fingerprint density at radius 3 is 0.930 bits per heavy atom. The summed E-state index contributed by atoms with van der Waals surface area (Å²) in [5.41, 5.74) is 5.53. The van der Waals surface area contributed by atoms with Crippen LogP contribution in [-0.4, -0.2) is 9.97 Å². The van der Waals surface area contributed by atoms with Gasteiger partial charge >= 0.3 is 25.3 Å². The molecule has 0 fully saturated rings. The molecule has 0 N–H and O–H groups in total. The first-order valence-corrected chi connectivity index (χ1v) is 15.2. The molecular formula is C36H24MoN2O4. The van der Waals surface area contributed by atoms with Crippen molar-refractivity contribution in [2.75, 3.05) is 0 Å². The van der Waals surface area contributed by atoms with Crippen molar-refractivity contribution in [1.82, 2.24) is 9.97 Å². The molecule has 208 valence electrons. The van der Waals surface area contributed by atoms with Crippen LogP contribution >= 0.6 is 0 Å². The molecule has 2 aromatic heterocycles. The fraction of sp³-hybridized carbons (Fsp3) is 0.0556. The fourth-order valence-corrected chi connectivity index (χ4v) is 6.08. The summed E-state index contributed by atoms with van der Waals surface area (Å²) in [4.78, 5) is 8.64. The van der Waals surface area contributed by atoms with E-state index in [0.717, 1.165) is 44.5 Å². The number of hydrogen-bond donors (Lipinski definition) is 0. The van der Waals surface area contributed by atoms with Gasteiger partial charge in [0.1, 0.15) is 0 Å². The molecule has 0 saturated carbocycles. The van der Waals surface area contributed by atoms with Gasteiger partial charge in [0.2, 0.25) is 0 Å². The van der Waals surface area contributed by atoms with E-state index in [1.54, 1.807) is 12.4 Å². The molecule has 0 atom stereocenters. The maximum absolute atomic E-state index is 13.7. The van der Waals surface area contributed by atoms with E-state index >= 15 is 0 Å². The number of benzene rings is 4. The molecule has 7 heteroatoms. The second-order valence-corrected chi connectivity index (χ2v) is 10.4. The van der Waals surface area contributed by atoms with E-state index in [1.807, 2.05) is 133 Å². The van der Waals surface area contributed by atoms with E-state index in [1.165, 1.54) is 0 Å². The Hall–Kier alpha value is -4.61. The van der Waals surface area contributed by atoms with E-state index in [9.17, 15) is 10.2 Å². The van der Waals surface area contributed by atoms with Crippen molar-refractivity contribution in [2.45, 2.75) is 11.2 Å². The minimum absolute atomic E-state index is 0.553. The van der Waals surface area contributed by atoms with Crippen LogP contribution in [0.15, 0.2) is 146 Å². The zero-order valence-corrected chi connectivity index (χ0v) is 24.8. The Morgan fingerprint density at radius 2 is 0.674 bits per heavy atom. The number of nitrogens with zero attached hydrogens (tertiary/aromatic N) is 2. The molecule has 0 radical (unpaired) electrons. The van der Waals surface area contributed by atoms with Crippen molar-refractivity contribution in [3.8, 4) is 22.3 Å². The molecule has 0 aliphatic heterocycles. The monoisotopic (exact) mass is 646 g/mol. The van der Waals surface area contributed by atoms with Gasteiger partial charge in [-0.2, -0.15) is 0 Å². The normalized spacial score (nSPS) is 13.8. The first-order chi connectivity index (χ1) is 21.0. The van der Waals surface area contributed by atoms with Crippen LogP contribution in [0.25, 0.3) is 22.3 Å². The third-order valence-corrected chi connectivity index (χ3v) is 7.86. The van der Waals surface area contributed by atoms with Crippen LogP contribution in [0.4, 0.5) is 0 Å². The van der Waals surface area contributed by atoms with Crippen LogP contribution in [0, 0.1) is 0 Å². The summed E-state index contributed by atoms with van der Waals surface area (Å²) in [6, 6.07) is 42.3. The Morgan fingerprint density at radius 1 is 0.419 bits per heavy atom. The molecular weight excluding hydrogens is 620 g/mol. The van der Waals surface area contributed by atoms with Crippen molar-refractivity contribution in [3.63, 3.8) is 0 Å². The molecule has 0 amide bonds. The van der Waals surface area contributed by atoms with Crippen molar-refractivity contribution >= 4 is 0 Å². The van der Waals surface area contributed by atoms with E-state index in [2.05, 4.69) is 9.97 Å². The summed E-state index contributed by atoms with van der Waals surface area (Å²) in [5.74, 6) is 0. The Labute approximate surface area is 257 Å². The Kier molecular flexibility index (Phi) is 7.92. The summed E-state index contributed by atoms with van der Waals surface area (Å²) in [5, 5.41) is 27.4. The molecule has 0 saturated heterocycles. The maximum atomic E-state index is 13.7. The summed E-state index contributed by atoms with van der Waals surface area (Å²) in [6.45, 7) is 0. The van der Waals surface area contributed by atoms with Crippen LogP contribution in [0.5, 0.6) is 0 Å². The van der Waals surface area contributed by atoms with Crippen LogP contribution in [0.3, 0.4) is 0 Å². The second-order valence-electron chi connectivity index (χ2n) is 10.0. The van der Waals surface area contributed by atoms with Crippen molar-refractivity contribution in [2.24, 2.45) is 0 Å². The van der Waals surface area contributed by atoms with Crippen molar-refractivity contribution in [1.29, 1.82) is 0 Å². The average Bonchev–Trinajstić information content (AvgIpc) is 3.50. The SMILES string of the molecule is [O-]C1(c2ccccn2)c2ccccc2-c2ccccc21.[O-]C1(c2ccccn2)c2ccccc2-c2ccccc21.[O]=[Mo+2]=[O]. The van der Waals surface area contributed by atoms with E-state index in [4.69, 9.17) is 6.80 Å². The molecule has 8 rings (SSSR count). The second kappa shape index (κ2) is 11.9. The molecule has 43 heavy (non-hydrogen) atoms. The average molecular weight is 645 g/mol. The van der Waals surface area contributed by atoms with Crippen molar-refractivity contribution in [3.05, 3.63) is 179 Å². The third kappa shape index (κ3) is 4.74. The zero-order chi connectivity index (χ0) is 29.9. The van der Waals surface area contributed by atoms with Gasteiger partial charge in [-0.15, -0.1) is 0 Å². The van der Waals surface area contributed by atoms with Crippen molar-refractivity contribution < 1.29 is 35.5 Å². The number of pyridine rings is 2. The molecule has 2 aliphatic rings. The van der Waals surface area contributed by atoms with Gasteiger partial charge < -0.3 is 10.2 Å². The third-order valence-electron chi connectivity index (χ3n) is 7.86.